The molecule has 0 bridgehead atoms. The second-order valence-electron chi connectivity index (χ2n) is 6.56. The third-order valence-corrected chi connectivity index (χ3v) is 5.34. The molecule has 0 spiro atoms. The Morgan fingerprint density at radius 1 is 1.10 bits per heavy atom. The first-order chi connectivity index (χ1) is 9.66. The third-order valence-electron chi connectivity index (χ3n) is 5.34. The number of hydrogen-bond acceptors (Lipinski definition) is 2. The SMILES string of the molecule is Cc1cccc(C(=O)C2CCC3CCCCC3N2)c1C. The number of hydrogen-bond donors (Lipinski definition) is 1. The normalized spacial score (nSPS) is 29.8. The zero-order valence-corrected chi connectivity index (χ0v) is 12.6. The molecule has 0 radical (unpaired) electrons. The van der Waals surface area contributed by atoms with Crippen LogP contribution in [-0.4, -0.2) is 17.9 Å². The number of carbonyl (C=O) groups is 1. The maximum Gasteiger partial charge on any atom is 0.180 e. The minimum Gasteiger partial charge on any atom is -0.304 e. The van der Waals surface area contributed by atoms with Crippen LogP contribution >= 0.6 is 0 Å². The lowest BCUT2D eigenvalue weighted by molar-refractivity contribution is 0.0861. The number of nitrogens with one attached hydrogen (secondary N) is 1. The Morgan fingerprint density at radius 3 is 2.75 bits per heavy atom. The number of Topliss-reactive ketones (excluding diaryl/α,β-unsaturated/α-hetero) is 1. The minimum atomic E-state index is 0.0369. The molecule has 2 aliphatic rings. The van der Waals surface area contributed by atoms with Gasteiger partial charge in [0.15, 0.2) is 5.78 Å². The fraction of sp³-hybridized carbons (Fsp3) is 0.611. The largest absolute Gasteiger partial charge is 0.304 e. The van der Waals surface area contributed by atoms with Gasteiger partial charge in [0.25, 0.3) is 0 Å². The summed E-state index contributed by atoms with van der Waals surface area (Å²) >= 11 is 0. The van der Waals surface area contributed by atoms with Crippen LogP contribution in [0.4, 0.5) is 0 Å². The molecule has 2 fully saturated rings. The molecule has 2 nitrogen and oxygen atoms in total. The number of carbonyl (C=O) groups excluding carboxylic acids is 1. The van der Waals surface area contributed by atoms with Crippen molar-refractivity contribution in [1.29, 1.82) is 0 Å². The molecule has 2 heteroatoms. The molecule has 1 saturated heterocycles. The quantitative estimate of drug-likeness (QED) is 0.829. The summed E-state index contributed by atoms with van der Waals surface area (Å²) in [5.74, 6) is 1.11. The average Bonchev–Trinajstić information content (AvgIpc) is 2.49. The average molecular weight is 271 g/mol. The fourth-order valence-electron chi connectivity index (χ4n) is 3.91. The monoisotopic (exact) mass is 271 g/mol. The molecule has 20 heavy (non-hydrogen) atoms. The summed E-state index contributed by atoms with van der Waals surface area (Å²) in [5, 5.41) is 3.65. The van der Waals surface area contributed by atoms with E-state index < -0.39 is 0 Å². The van der Waals surface area contributed by atoms with E-state index in [0.29, 0.717) is 11.8 Å². The number of fused-ring (bicyclic) bond motifs is 1. The Labute approximate surface area is 122 Å². The standard InChI is InChI=1S/C18H25NO/c1-12-6-5-8-15(13(12)2)18(20)17-11-10-14-7-3-4-9-16(14)19-17/h5-6,8,14,16-17,19H,3-4,7,9-11H2,1-2H3. The van der Waals surface area contributed by atoms with E-state index in [9.17, 15) is 4.79 Å². The van der Waals surface area contributed by atoms with Gasteiger partial charge in [0, 0.05) is 11.6 Å². The zero-order chi connectivity index (χ0) is 14.1. The van der Waals surface area contributed by atoms with Crippen molar-refractivity contribution in [2.75, 3.05) is 0 Å². The first-order valence-electron chi connectivity index (χ1n) is 8.03. The lowest BCUT2D eigenvalue weighted by Gasteiger charge is -2.40. The van der Waals surface area contributed by atoms with Gasteiger partial charge in [0.05, 0.1) is 6.04 Å². The van der Waals surface area contributed by atoms with Gasteiger partial charge >= 0.3 is 0 Å². The van der Waals surface area contributed by atoms with E-state index in [1.54, 1.807) is 0 Å². The van der Waals surface area contributed by atoms with Gasteiger partial charge in [-0.25, -0.2) is 0 Å². The molecule has 1 heterocycles. The molecule has 0 amide bonds. The van der Waals surface area contributed by atoms with Gasteiger partial charge in [-0.05, 0) is 56.6 Å². The molecule has 1 saturated carbocycles. The van der Waals surface area contributed by atoms with Crippen LogP contribution in [0.25, 0.3) is 0 Å². The summed E-state index contributed by atoms with van der Waals surface area (Å²) in [7, 11) is 0. The fourth-order valence-corrected chi connectivity index (χ4v) is 3.91. The molecule has 108 valence electrons. The summed E-state index contributed by atoms with van der Waals surface area (Å²) < 4.78 is 0. The van der Waals surface area contributed by atoms with Crippen molar-refractivity contribution >= 4 is 5.78 Å². The maximum atomic E-state index is 12.8. The van der Waals surface area contributed by atoms with Crippen molar-refractivity contribution in [2.45, 2.75) is 64.5 Å². The van der Waals surface area contributed by atoms with Crippen LogP contribution in [0.5, 0.6) is 0 Å². The van der Waals surface area contributed by atoms with E-state index in [1.807, 2.05) is 12.1 Å². The molecule has 1 aromatic carbocycles. The smallest absolute Gasteiger partial charge is 0.180 e. The zero-order valence-electron chi connectivity index (χ0n) is 12.6. The summed E-state index contributed by atoms with van der Waals surface area (Å²) in [5.41, 5.74) is 3.27. The second-order valence-corrected chi connectivity index (χ2v) is 6.56. The van der Waals surface area contributed by atoms with Crippen molar-refractivity contribution in [2.24, 2.45) is 5.92 Å². The van der Waals surface area contributed by atoms with Crippen molar-refractivity contribution in [3.63, 3.8) is 0 Å². The topological polar surface area (TPSA) is 29.1 Å². The highest BCUT2D eigenvalue weighted by molar-refractivity contribution is 6.01. The van der Waals surface area contributed by atoms with E-state index in [4.69, 9.17) is 0 Å². The summed E-state index contributed by atoms with van der Waals surface area (Å²) in [4.78, 5) is 12.8. The van der Waals surface area contributed by atoms with E-state index in [1.165, 1.54) is 37.7 Å². The van der Waals surface area contributed by atoms with E-state index >= 15 is 0 Å². The Balaban J connectivity index is 1.76. The maximum absolute atomic E-state index is 12.8. The predicted molar refractivity (Wildman–Crippen MR) is 82.2 cm³/mol. The Bertz CT molecular complexity index is 508. The van der Waals surface area contributed by atoms with Gasteiger partial charge < -0.3 is 5.32 Å². The van der Waals surface area contributed by atoms with Crippen molar-refractivity contribution < 1.29 is 4.79 Å². The molecule has 1 aliphatic carbocycles. The number of ketones is 1. The highest BCUT2D eigenvalue weighted by atomic mass is 16.1. The van der Waals surface area contributed by atoms with Gasteiger partial charge in [-0.3, -0.25) is 4.79 Å². The highest BCUT2D eigenvalue weighted by Gasteiger charge is 2.34. The van der Waals surface area contributed by atoms with E-state index in [2.05, 4.69) is 25.2 Å². The third kappa shape index (κ3) is 2.54. The predicted octanol–water partition coefficient (Wildman–Crippen LogP) is 3.80. The Kier molecular flexibility index (Phi) is 3.93. The van der Waals surface area contributed by atoms with E-state index in [0.717, 1.165) is 23.5 Å². The summed E-state index contributed by atoms with van der Waals surface area (Å²) in [6.45, 7) is 4.15. The Morgan fingerprint density at radius 2 is 1.90 bits per heavy atom. The van der Waals surface area contributed by atoms with E-state index in [-0.39, 0.29) is 6.04 Å². The summed E-state index contributed by atoms with van der Waals surface area (Å²) in [6, 6.07) is 6.69. The molecule has 0 aromatic heterocycles. The van der Waals surface area contributed by atoms with Crippen molar-refractivity contribution in [1.82, 2.24) is 5.32 Å². The van der Waals surface area contributed by atoms with Crippen LogP contribution in [0, 0.1) is 19.8 Å². The molecule has 3 unspecified atom stereocenters. The van der Waals surface area contributed by atoms with Crippen LogP contribution in [0.1, 0.15) is 60.0 Å². The number of aryl methyl sites for hydroxylation is 1. The van der Waals surface area contributed by atoms with Crippen LogP contribution in [-0.2, 0) is 0 Å². The van der Waals surface area contributed by atoms with Crippen LogP contribution in [0.2, 0.25) is 0 Å². The second kappa shape index (κ2) is 5.69. The summed E-state index contributed by atoms with van der Waals surface area (Å²) in [6.07, 6.45) is 7.52. The molecular weight excluding hydrogens is 246 g/mol. The molecule has 3 atom stereocenters. The number of rotatable bonds is 2. The van der Waals surface area contributed by atoms with Crippen molar-refractivity contribution in [3.05, 3.63) is 34.9 Å². The number of piperidine rings is 1. The van der Waals surface area contributed by atoms with Crippen molar-refractivity contribution in [3.8, 4) is 0 Å². The first-order valence-corrected chi connectivity index (χ1v) is 8.03. The lowest BCUT2D eigenvalue weighted by Crippen LogP contribution is -2.52. The van der Waals surface area contributed by atoms with Gasteiger partial charge in [0.1, 0.15) is 0 Å². The Hall–Kier alpha value is -1.15. The molecule has 1 aliphatic heterocycles. The van der Waals surface area contributed by atoms with Crippen LogP contribution in [0.3, 0.4) is 0 Å². The molecule has 3 rings (SSSR count). The molecule has 1 aromatic rings. The van der Waals surface area contributed by atoms with Gasteiger partial charge in [-0.15, -0.1) is 0 Å². The van der Waals surface area contributed by atoms with Crippen LogP contribution in [0.15, 0.2) is 18.2 Å². The van der Waals surface area contributed by atoms with Gasteiger partial charge in [-0.2, -0.15) is 0 Å². The van der Waals surface area contributed by atoms with Gasteiger partial charge in [-0.1, -0.05) is 31.0 Å². The molecule has 1 N–H and O–H groups in total. The lowest BCUT2D eigenvalue weighted by atomic mass is 9.76. The minimum absolute atomic E-state index is 0.0369. The number of benzene rings is 1. The molecular formula is C18H25NO. The van der Waals surface area contributed by atoms with Gasteiger partial charge in [0.2, 0.25) is 0 Å². The van der Waals surface area contributed by atoms with Crippen LogP contribution < -0.4 is 5.32 Å². The highest BCUT2D eigenvalue weighted by Crippen LogP contribution is 2.33. The first kappa shape index (κ1) is 13.8.